The second-order valence-corrected chi connectivity index (χ2v) is 10.4. The van der Waals surface area contributed by atoms with Crippen LogP contribution in [0.25, 0.3) is 0 Å². The number of carbonyl (C=O) groups is 2. The largest absolute Gasteiger partial charge is 0.465 e. The third-order valence-electron chi connectivity index (χ3n) is 5.99. The Morgan fingerprint density at radius 2 is 2.06 bits per heavy atom. The maximum atomic E-state index is 13.9. The molecule has 0 N–H and O–H groups in total. The average molecular weight is 579 g/mol. The van der Waals surface area contributed by atoms with Gasteiger partial charge < -0.3 is 14.4 Å². The topological polar surface area (TPSA) is 84.3 Å². The molecule has 4 rings (SSSR count). The lowest BCUT2D eigenvalue weighted by atomic mass is 9.93. The van der Waals surface area contributed by atoms with E-state index in [1.165, 1.54) is 23.5 Å². The Kier molecular flexibility index (Phi) is 8.53. The van der Waals surface area contributed by atoms with Gasteiger partial charge in [0.15, 0.2) is 10.8 Å². The number of aliphatic imine (C=N–C) groups is 1. The van der Waals surface area contributed by atoms with Crippen molar-refractivity contribution in [1.82, 2.24) is 14.8 Å². The molecule has 0 bridgehead atoms. The Morgan fingerprint density at radius 3 is 2.72 bits per heavy atom. The number of benzene rings is 1. The third kappa shape index (κ3) is 5.68. The highest BCUT2D eigenvalue weighted by molar-refractivity contribution is 9.10. The number of carbonyl (C=O) groups excluding carboxylic acids is 2. The number of allylic oxidation sites excluding steroid dienone is 1. The normalized spacial score (nSPS) is 19.4. The molecule has 0 aliphatic carbocycles. The van der Waals surface area contributed by atoms with E-state index in [4.69, 9.17) is 14.5 Å². The number of rotatable bonds is 9. The van der Waals surface area contributed by atoms with Crippen LogP contribution in [-0.2, 0) is 19.1 Å². The molecule has 2 aromatic rings. The molecular formula is C25H28BrFN4O4S. The van der Waals surface area contributed by atoms with Crippen LogP contribution in [0.5, 0.6) is 0 Å². The summed E-state index contributed by atoms with van der Waals surface area (Å²) < 4.78 is 25.0. The lowest BCUT2D eigenvalue weighted by Crippen LogP contribution is -2.37. The molecule has 0 amide bonds. The van der Waals surface area contributed by atoms with E-state index in [9.17, 15) is 14.0 Å². The van der Waals surface area contributed by atoms with Gasteiger partial charge in [-0.2, -0.15) is 0 Å². The van der Waals surface area contributed by atoms with Gasteiger partial charge in [0.1, 0.15) is 11.9 Å². The molecule has 1 saturated heterocycles. The minimum absolute atomic E-state index is 0.129. The highest BCUT2D eigenvalue weighted by atomic mass is 79.9. The van der Waals surface area contributed by atoms with Gasteiger partial charge in [0, 0.05) is 34.8 Å². The van der Waals surface area contributed by atoms with Gasteiger partial charge in [0.25, 0.3) is 0 Å². The molecule has 0 unspecified atom stereocenters. The Balaban J connectivity index is 1.74. The van der Waals surface area contributed by atoms with Crippen LogP contribution in [0.3, 0.4) is 0 Å². The lowest BCUT2D eigenvalue weighted by Gasteiger charge is -2.32. The summed E-state index contributed by atoms with van der Waals surface area (Å²) in [5.41, 5.74) is 1.94. The minimum Gasteiger partial charge on any atom is -0.465 e. The highest BCUT2D eigenvalue weighted by Crippen LogP contribution is 2.44. The van der Waals surface area contributed by atoms with Crippen LogP contribution in [-0.4, -0.2) is 72.5 Å². The maximum absolute atomic E-state index is 13.9. The number of nitrogens with zero attached hydrogens (tertiary/aromatic N) is 4. The van der Waals surface area contributed by atoms with Crippen molar-refractivity contribution in [2.24, 2.45) is 10.9 Å². The van der Waals surface area contributed by atoms with Gasteiger partial charge in [0.05, 0.1) is 25.3 Å². The number of hydrogen-bond donors (Lipinski definition) is 0. The van der Waals surface area contributed by atoms with Crippen LogP contribution >= 0.6 is 27.3 Å². The first-order valence-corrected chi connectivity index (χ1v) is 13.4. The van der Waals surface area contributed by atoms with Gasteiger partial charge in [-0.3, -0.25) is 14.7 Å². The zero-order chi connectivity index (χ0) is 25.8. The Bertz CT molecular complexity index is 1190. The van der Waals surface area contributed by atoms with E-state index < -0.39 is 12.0 Å². The molecule has 8 nitrogen and oxygen atoms in total. The quantitative estimate of drug-likeness (QED) is 0.413. The van der Waals surface area contributed by atoms with E-state index in [1.54, 1.807) is 26.1 Å². The predicted octanol–water partition coefficient (Wildman–Crippen LogP) is 4.18. The van der Waals surface area contributed by atoms with Gasteiger partial charge in [-0.05, 0) is 50.9 Å². The number of likely N-dealkylation sites (N-methyl/N-ethyl adjacent to an activating group) is 1. The second-order valence-electron chi connectivity index (χ2n) is 8.62. The van der Waals surface area contributed by atoms with E-state index in [2.05, 4.69) is 20.9 Å². The van der Waals surface area contributed by atoms with Crippen molar-refractivity contribution < 1.29 is 23.5 Å². The number of hydrogen-bond acceptors (Lipinski definition) is 9. The molecule has 0 spiro atoms. The van der Waals surface area contributed by atoms with E-state index in [0.29, 0.717) is 47.6 Å². The summed E-state index contributed by atoms with van der Waals surface area (Å²) in [7, 11) is 1.88. The molecule has 1 aromatic carbocycles. The predicted molar refractivity (Wildman–Crippen MR) is 138 cm³/mol. The van der Waals surface area contributed by atoms with Crippen LogP contribution in [0.15, 0.2) is 50.5 Å². The molecule has 3 heterocycles. The summed E-state index contributed by atoms with van der Waals surface area (Å²) in [6, 6.07) is 3.69. The molecule has 11 heteroatoms. The van der Waals surface area contributed by atoms with E-state index >= 15 is 0 Å². The molecule has 0 saturated carbocycles. The summed E-state index contributed by atoms with van der Waals surface area (Å²) in [6.45, 7) is 5.54. The monoisotopic (exact) mass is 578 g/mol. The SMILES string of the molecule is CCOC(=O)CN(C)C[C@H]1CC2=C(C(=O)OCC)[C@H](c3ccc(F)cc3Br)N=C(c3nccs3)N2C1. The lowest BCUT2D eigenvalue weighted by molar-refractivity contribution is -0.144. The second kappa shape index (κ2) is 11.6. The van der Waals surface area contributed by atoms with Crippen molar-refractivity contribution in [2.45, 2.75) is 26.3 Å². The van der Waals surface area contributed by atoms with Gasteiger partial charge in [-0.25, -0.2) is 14.2 Å². The molecule has 2 aliphatic heterocycles. The fraction of sp³-hybridized carbons (Fsp3) is 0.440. The highest BCUT2D eigenvalue weighted by Gasteiger charge is 2.42. The molecule has 1 fully saturated rings. The van der Waals surface area contributed by atoms with Crippen molar-refractivity contribution >= 4 is 45.0 Å². The van der Waals surface area contributed by atoms with Gasteiger partial charge in [-0.1, -0.05) is 22.0 Å². The van der Waals surface area contributed by atoms with Gasteiger partial charge in [0.2, 0.25) is 0 Å². The fourth-order valence-electron chi connectivity index (χ4n) is 4.65. The Labute approximate surface area is 221 Å². The third-order valence-corrected chi connectivity index (χ3v) is 7.45. The smallest absolute Gasteiger partial charge is 0.338 e. The first-order valence-electron chi connectivity index (χ1n) is 11.8. The van der Waals surface area contributed by atoms with Crippen LogP contribution in [0, 0.1) is 11.7 Å². The molecule has 36 heavy (non-hydrogen) atoms. The number of aromatic nitrogens is 1. The van der Waals surface area contributed by atoms with Crippen molar-refractivity contribution in [3.63, 3.8) is 0 Å². The zero-order valence-electron chi connectivity index (χ0n) is 20.4. The van der Waals surface area contributed by atoms with E-state index in [0.717, 1.165) is 10.7 Å². The number of esters is 2. The minimum atomic E-state index is -0.680. The Hall–Kier alpha value is -2.63. The first kappa shape index (κ1) is 26.4. The van der Waals surface area contributed by atoms with Crippen molar-refractivity contribution in [2.75, 3.05) is 39.9 Å². The van der Waals surface area contributed by atoms with E-state index in [-0.39, 0.29) is 30.9 Å². The van der Waals surface area contributed by atoms with Gasteiger partial charge in [-0.15, -0.1) is 11.3 Å². The first-order chi connectivity index (χ1) is 17.3. The molecule has 0 radical (unpaired) electrons. The summed E-state index contributed by atoms with van der Waals surface area (Å²) in [6.07, 6.45) is 2.32. The van der Waals surface area contributed by atoms with Crippen LogP contribution in [0.4, 0.5) is 4.39 Å². The number of halogens is 2. The maximum Gasteiger partial charge on any atom is 0.338 e. The van der Waals surface area contributed by atoms with E-state index in [1.807, 2.05) is 22.2 Å². The fourth-order valence-corrected chi connectivity index (χ4v) is 5.85. The summed E-state index contributed by atoms with van der Waals surface area (Å²) in [5.74, 6) is -0.299. The standard InChI is InChI=1S/C25H28BrFN4O4S/c1-4-34-20(32)14-30(3)12-15-10-19-21(25(33)35-5-2)22(17-7-6-16(27)11-18(17)26)29-23(31(19)13-15)24-28-8-9-36-24/h6-9,11,15,22H,4-5,10,12-14H2,1-3H3/t15-,22+/m1/s1. The molecular weight excluding hydrogens is 551 g/mol. The summed E-state index contributed by atoms with van der Waals surface area (Å²) >= 11 is 4.92. The molecule has 192 valence electrons. The van der Waals surface area contributed by atoms with Crippen molar-refractivity contribution in [3.05, 3.63) is 61.9 Å². The number of fused-ring (bicyclic) bond motifs is 1. The summed E-state index contributed by atoms with van der Waals surface area (Å²) in [5, 5.41) is 2.62. The number of amidine groups is 1. The molecule has 2 atom stereocenters. The number of ether oxygens (including phenoxy) is 2. The summed E-state index contributed by atoms with van der Waals surface area (Å²) in [4.78, 5) is 38.7. The molecule has 1 aromatic heterocycles. The van der Waals surface area contributed by atoms with Crippen LogP contribution < -0.4 is 0 Å². The number of thiazole rings is 1. The van der Waals surface area contributed by atoms with Crippen LogP contribution in [0.1, 0.15) is 36.9 Å². The van der Waals surface area contributed by atoms with Crippen molar-refractivity contribution in [1.29, 1.82) is 0 Å². The zero-order valence-corrected chi connectivity index (χ0v) is 22.8. The van der Waals surface area contributed by atoms with Crippen LogP contribution in [0.2, 0.25) is 0 Å². The average Bonchev–Trinajstić information content (AvgIpc) is 3.48. The van der Waals surface area contributed by atoms with Crippen molar-refractivity contribution in [3.8, 4) is 0 Å². The Morgan fingerprint density at radius 1 is 1.28 bits per heavy atom. The molecule has 2 aliphatic rings. The van der Waals surface area contributed by atoms with Gasteiger partial charge >= 0.3 is 11.9 Å².